The molecule has 0 atom stereocenters. The van der Waals surface area contributed by atoms with E-state index in [1.54, 1.807) is 28.1 Å². The molecule has 0 N–H and O–H groups in total. The molecular formula is C24H26N4O2S. The van der Waals surface area contributed by atoms with Crippen molar-refractivity contribution in [1.82, 2.24) is 19.3 Å². The zero-order chi connectivity index (χ0) is 22.0. The lowest BCUT2D eigenvalue weighted by molar-refractivity contribution is 0.414. The molecule has 2 heterocycles. The van der Waals surface area contributed by atoms with Crippen molar-refractivity contribution in [1.29, 1.82) is 0 Å². The molecular weight excluding hydrogens is 408 g/mol. The topological polar surface area (TPSA) is 61.9 Å². The Bertz CT molecular complexity index is 1280. The maximum Gasteiger partial charge on any atom is 0.280 e. The Labute approximate surface area is 185 Å². The molecule has 0 radical (unpaired) electrons. The molecule has 0 fully saturated rings. The minimum Gasteiger partial charge on any atom is -0.497 e. The van der Waals surface area contributed by atoms with E-state index < -0.39 is 0 Å². The third-order valence-electron chi connectivity index (χ3n) is 5.23. The van der Waals surface area contributed by atoms with Gasteiger partial charge in [0, 0.05) is 12.3 Å². The van der Waals surface area contributed by atoms with Crippen LogP contribution in [-0.2, 0) is 18.8 Å². The van der Waals surface area contributed by atoms with Gasteiger partial charge in [-0.25, -0.2) is 4.98 Å². The monoisotopic (exact) mass is 434 g/mol. The van der Waals surface area contributed by atoms with E-state index >= 15 is 0 Å². The molecule has 2 aromatic carbocycles. The zero-order valence-corrected chi connectivity index (χ0v) is 19.1. The van der Waals surface area contributed by atoms with Crippen LogP contribution in [0.3, 0.4) is 0 Å². The van der Waals surface area contributed by atoms with E-state index in [0.717, 1.165) is 22.8 Å². The fourth-order valence-electron chi connectivity index (χ4n) is 3.63. The van der Waals surface area contributed by atoms with Gasteiger partial charge in [-0.15, -0.1) is 0 Å². The van der Waals surface area contributed by atoms with Crippen molar-refractivity contribution in [2.45, 2.75) is 44.8 Å². The summed E-state index contributed by atoms with van der Waals surface area (Å²) in [4.78, 5) is 18.4. The van der Waals surface area contributed by atoms with Gasteiger partial charge in [-0.3, -0.25) is 14.0 Å². The third-order valence-corrected chi connectivity index (χ3v) is 6.28. The van der Waals surface area contributed by atoms with Crippen molar-refractivity contribution in [3.05, 3.63) is 81.3 Å². The number of ether oxygens (including phenoxy) is 1. The smallest absolute Gasteiger partial charge is 0.280 e. The second-order valence-electron chi connectivity index (χ2n) is 7.51. The van der Waals surface area contributed by atoms with Crippen molar-refractivity contribution in [2.75, 3.05) is 7.11 Å². The van der Waals surface area contributed by atoms with Gasteiger partial charge in [0.25, 0.3) is 5.56 Å². The number of thioether (sulfide) groups is 1. The maximum absolute atomic E-state index is 13.6. The molecule has 2 aromatic heterocycles. The average Bonchev–Trinajstić information content (AvgIpc) is 3.10. The summed E-state index contributed by atoms with van der Waals surface area (Å²) in [6, 6.07) is 16.2. The molecule has 160 valence electrons. The van der Waals surface area contributed by atoms with Crippen LogP contribution < -0.4 is 10.3 Å². The van der Waals surface area contributed by atoms with Gasteiger partial charge in [0.15, 0.2) is 10.7 Å². The predicted molar refractivity (Wildman–Crippen MR) is 125 cm³/mol. The Morgan fingerprint density at radius 3 is 2.52 bits per heavy atom. The molecule has 0 aliphatic heterocycles. The number of methoxy groups -OCH3 is 1. The highest BCUT2D eigenvalue weighted by molar-refractivity contribution is 7.98. The second-order valence-corrected chi connectivity index (χ2v) is 8.45. The lowest BCUT2D eigenvalue weighted by Crippen LogP contribution is -2.25. The van der Waals surface area contributed by atoms with Gasteiger partial charge in [-0.1, -0.05) is 53.7 Å². The van der Waals surface area contributed by atoms with E-state index in [0.29, 0.717) is 29.3 Å². The number of aromatic nitrogens is 4. The first-order valence-corrected chi connectivity index (χ1v) is 11.3. The van der Waals surface area contributed by atoms with E-state index in [1.807, 2.05) is 38.1 Å². The Morgan fingerprint density at radius 1 is 1.06 bits per heavy atom. The largest absolute Gasteiger partial charge is 0.497 e. The van der Waals surface area contributed by atoms with Gasteiger partial charge in [-0.2, -0.15) is 5.10 Å². The van der Waals surface area contributed by atoms with Crippen LogP contribution in [0.1, 0.15) is 29.3 Å². The Kier molecular flexibility index (Phi) is 6.13. The maximum atomic E-state index is 13.6. The highest BCUT2D eigenvalue weighted by Gasteiger charge is 2.18. The molecule has 4 rings (SSSR count). The molecule has 0 saturated carbocycles. The molecule has 7 heteroatoms. The van der Waals surface area contributed by atoms with Crippen LogP contribution in [-0.4, -0.2) is 26.4 Å². The molecule has 31 heavy (non-hydrogen) atoms. The summed E-state index contributed by atoms with van der Waals surface area (Å²) in [6.45, 7) is 7.04. The lowest BCUT2D eigenvalue weighted by atomic mass is 10.2. The summed E-state index contributed by atoms with van der Waals surface area (Å²) >= 11 is 1.58. The van der Waals surface area contributed by atoms with Gasteiger partial charge in [0.1, 0.15) is 11.3 Å². The third kappa shape index (κ3) is 4.37. The number of aryl methyl sites for hydroxylation is 3. The van der Waals surface area contributed by atoms with Gasteiger partial charge >= 0.3 is 0 Å². The fraction of sp³-hybridized carbons (Fsp3) is 0.292. The van der Waals surface area contributed by atoms with Crippen molar-refractivity contribution >= 4 is 22.8 Å². The minimum atomic E-state index is -0.0602. The number of hydrogen-bond acceptors (Lipinski definition) is 5. The van der Waals surface area contributed by atoms with Gasteiger partial charge < -0.3 is 4.74 Å². The molecule has 0 spiro atoms. The van der Waals surface area contributed by atoms with Gasteiger partial charge in [0.2, 0.25) is 0 Å². The second kappa shape index (κ2) is 8.98. The van der Waals surface area contributed by atoms with Crippen LogP contribution in [0.15, 0.2) is 58.5 Å². The van der Waals surface area contributed by atoms with Crippen LogP contribution in [0.2, 0.25) is 0 Å². The van der Waals surface area contributed by atoms with E-state index in [1.165, 1.54) is 11.1 Å². The molecule has 6 nitrogen and oxygen atoms in total. The standard InChI is InChI=1S/C24H26N4O2S/c1-5-28-22-21(17(3)26-28)25-24(31-15-19-8-6-7-16(2)13-19)27(23(22)29)14-18-9-11-20(30-4)12-10-18/h6-13H,5,14-15H2,1-4H3. The summed E-state index contributed by atoms with van der Waals surface area (Å²) < 4.78 is 8.77. The van der Waals surface area contributed by atoms with Gasteiger partial charge in [0.05, 0.1) is 19.3 Å². The summed E-state index contributed by atoms with van der Waals surface area (Å²) in [6.07, 6.45) is 0. The highest BCUT2D eigenvalue weighted by Crippen LogP contribution is 2.25. The van der Waals surface area contributed by atoms with E-state index in [9.17, 15) is 4.79 Å². The molecule has 0 aliphatic carbocycles. The Hall–Kier alpha value is -3.06. The molecule has 0 unspecified atom stereocenters. The van der Waals surface area contributed by atoms with Crippen LogP contribution in [0.25, 0.3) is 11.0 Å². The average molecular weight is 435 g/mol. The Morgan fingerprint density at radius 2 is 1.84 bits per heavy atom. The molecule has 0 bridgehead atoms. The van der Waals surface area contributed by atoms with Gasteiger partial charge in [-0.05, 0) is 44.0 Å². The number of hydrogen-bond donors (Lipinski definition) is 0. The summed E-state index contributed by atoms with van der Waals surface area (Å²) in [5.41, 5.74) is 5.41. The van der Waals surface area contributed by atoms with Crippen LogP contribution in [0.4, 0.5) is 0 Å². The van der Waals surface area contributed by atoms with Crippen LogP contribution in [0.5, 0.6) is 5.75 Å². The predicted octanol–water partition coefficient (Wildman–Crippen LogP) is 4.58. The molecule has 0 aliphatic rings. The summed E-state index contributed by atoms with van der Waals surface area (Å²) in [5, 5.41) is 5.23. The van der Waals surface area contributed by atoms with Crippen molar-refractivity contribution < 1.29 is 4.74 Å². The minimum absolute atomic E-state index is 0.0602. The molecule has 4 aromatic rings. The summed E-state index contributed by atoms with van der Waals surface area (Å²) in [5.74, 6) is 1.53. The van der Waals surface area contributed by atoms with E-state index in [4.69, 9.17) is 9.72 Å². The number of rotatable bonds is 7. The first kappa shape index (κ1) is 21.2. The molecule has 0 saturated heterocycles. The number of benzene rings is 2. The first-order chi connectivity index (χ1) is 15.0. The fourth-order valence-corrected chi connectivity index (χ4v) is 4.56. The van der Waals surface area contributed by atoms with Crippen molar-refractivity contribution in [2.24, 2.45) is 0 Å². The first-order valence-electron chi connectivity index (χ1n) is 10.3. The zero-order valence-electron chi connectivity index (χ0n) is 18.3. The lowest BCUT2D eigenvalue weighted by Gasteiger charge is -2.13. The SMILES string of the molecule is CCn1nc(C)c2nc(SCc3cccc(C)c3)n(Cc3ccc(OC)cc3)c(=O)c21. The number of nitrogens with zero attached hydrogens (tertiary/aromatic N) is 4. The normalized spacial score (nSPS) is 11.2. The van der Waals surface area contributed by atoms with E-state index in [-0.39, 0.29) is 5.56 Å². The Balaban J connectivity index is 1.78. The van der Waals surface area contributed by atoms with Crippen molar-refractivity contribution in [3.8, 4) is 5.75 Å². The van der Waals surface area contributed by atoms with Crippen molar-refractivity contribution in [3.63, 3.8) is 0 Å². The summed E-state index contributed by atoms with van der Waals surface area (Å²) in [7, 11) is 1.64. The quantitative estimate of drug-likeness (QED) is 0.315. The number of fused-ring (bicyclic) bond motifs is 1. The van der Waals surface area contributed by atoms with E-state index in [2.05, 4.69) is 36.3 Å². The molecule has 0 amide bonds. The highest BCUT2D eigenvalue weighted by atomic mass is 32.2. The van der Waals surface area contributed by atoms with Crippen LogP contribution >= 0.6 is 11.8 Å². The van der Waals surface area contributed by atoms with Crippen LogP contribution in [0, 0.1) is 13.8 Å².